The molecule has 5 nitrogen and oxygen atoms in total. The molecule has 1 amide bonds. The number of carboxylic acid groups (broad SMARTS) is 1. The first-order chi connectivity index (χ1) is 8.15. The Morgan fingerprint density at radius 2 is 2.29 bits per heavy atom. The second-order valence-electron chi connectivity index (χ2n) is 4.58. The highest BCUT2D eigenvalue weighted by Gasteiger charge is 2.25. The van der Waals surface area contributed by atoms with Crippen LogP contribution in [0.5, 0.6) is 0 Å². The predicted octanol–water partition coefficient (Wildman–Crippen LogP) is 0.746. The third kappa shape index (κ3) is 4.73. The van der Waals surface area contributed by atoms with E-state index < -0.39 is 12.0 Å². The molecule has 0 aromatic rings. The van der Waals surface area contributed by atoms with Gasteiger partial charge < -0.3 is 15.7 Å². The Labute approximate surface area is 102 Å². The molecule has 1 rings (SSSR count). The van der Waals surface area contributed by atoms with Gasteiger partial charge in [0.05, 0.1) is 5.92 Å². The number of hydrogen-bond donors (Lipinski definition) is 3. The summed E-state index contributed by atoms with van der Waals surface area (Å²) in [5.74, 6) is -1.14. The number of carboxylic acids is 1. The van der Waals surface area contributed by atoms with E-state index >= 15 is 0 Å². The Balaban J connectivity index is 2.42. The van der Waals surface area contributed by atoms with Crippen LogP contribution in [0.1, 0.15) is 39.0 Å². The van der Waals surface area contributed by atoms with Crippen molar-refractivity contribution >= 4 is 11.9 Å². The first-order valence-corrected chi connectivity index (χ1v) is 6.39. The van der Waals surface area contributed by atoms with Crippen LogP contribution in [-0.4, -0.2) is 36.1 Å². The molecule has 0 bridgehead atoms. The van der Waals surface area contributed by atoms with Crippen LogP contribution in [0.4, 0.5) is 0 Å². The summed E-state index contributed by atoms with van der Waals surface area (Å²) in [6, 6.07) is -0.732. The molecule has 0 aromatic heterocycles. The van der Waals surface area contributed by atoms with E-state index in [1.54, 1.807) is 0 Å². The lowest BCUT2D eigenvalue weighted by atomic mass is 9.98. The van der Waals surface area contributed by atoms with E-state index in [2.05, 4.69) is 10.6 Å². The third-order valence-electron chi connectivity index (χ3n) is 3.13. The number of amides is 1. The fraction of sp³-hybridized carbons (Fsp3) is 0.833. The van der Waals surface area contributed by atoms with Gasteiger partial charge in [-0.2, -0.15) is 0 Å². The van der Waals surface area contributed by atoms with Crippen LogP contribution in [0, 0.1) is 5.92 Å². The molecule has 0 radical (unpaired) electrons. The molecule has 0 aromatic carbocycles. The highest BCUT2D eigenvalue weighted by Crippen LogP contribution is 2.11. The summed E-state index contributed by atoms with van der Waals surface area (Å²) in [7, 11) is 0. The van der Waals surface area contributed by atoms with Gasteiger partial charge in [-0.3, -0.25) is 4.79 Å². The molecule has 2 unspecified atom stereocenters. The highest BCUT2D eigenvalue weighted by molar-refractivity contribution is 5.85. The topological polar surface area (TPSA) is 78.4 Å². The molecule has 0 aliphatic carbocycles. The van der Waals surface area contributed by atoms with Crippen molar-refractivity contribution in [2.75, 3.05) is 13.1 Å². The number of aliphatic carboxylic acids is 1. The monoisotopic (exact) mass is 242 g/mol. The zero-order chi connectivity index (χ0) is 12.7. The number of hydrogen-bond acceptors (Lipinski definition) is 3. The Kier molecular flexibility index (Phi) is 5.97. The summed E-state index contributed by atoms with van der Waals surface area (Å²) in [4.78, 5) is 22.9. The van der Waals surface area contributed by atoms with Gasteiger partial charge in [-0.25, -0.2) is 4.79 Å². The van der Waals surface area contributed by atoms with Crippen LogP contribution in [-0.2, 0) is 9.59 Å². The normalized spacial score (nSPS) is 21.8. The molecule has 1 heterocycles. The van der Waals surface area contributed by atoms with Gasteiger partial charge in [-0.1, -0.05) is 19.8 Å². The van der Waals surface area contributed by atoms with E-state index in [1.165, 1.54) is 0 Å². The Bertz CT molecular complexity index is 262. The molecule has 1 aliphatic heterocycles. The van der Waals surface area contributed by atoms with Gasteiger partial charge in [-0.05, 0) is 25.8 Å². The smallest absolute Gasteiger partial charge is 0.326 e. The minimum Gasteiger partial charge on any atom is -0.480 e. The number of nitrogens with one attached hydrogen (secondary N) is 2. The Hall–Kier alpha value is -1.10. The first-order valence-electron chi connectivity index (χ1n) is 6.39. The standard InChI is InChI=1S/C12H22N2O3/c1-2-3-6-10(12(16)17)14-11(15)9-5-4-7-13-8-9/h9-10,13H,2-8H2,1H3,(H,14,15)(H,16,17). The number of unbranched alkanes of at least 4 members (excludes halogenated alkanes) is 1. The quantitative estimate of drug-likeness (QED) is 0.642. The molecule has 3 N–H and O–H groups in total. The number of carbonyl (C=O) groups is 2. The van der Waals surface area contributed by atoms with Gasteiger partial charge in [-0.15, -0.1) is 0 Å². The number of rotatable bonds is 6. The highest BCUT2D eigenvalue weighted by atomic mass is 16.4. The molecule has 1 fully saturated rings. The SMILES string of the molecule is CCCCC(NC(=O)C1CCCNC1)C(=O)O. The average molecular weight is 242 g/mol. The van der Waals surface area contributed by atoms with Crippen molar-refractivity contribution in [2.24, 2.45) is 5.92 Å². The fourth-order valence-corrected chi connectivity index (χ4v) is 2.03. The molecule has 1 aliphatic rings. The second-order valence-corrected chi connectivity index (χ2v) is 4.58. The molecule has 2 atom stereocenters. The van der Waals surface area contributed by atoms with Crippen molar-refractivity contribution in [2.45, 2.75) is 45.1 Å². The minimum absolute atomic E-state index is 0.0766. The maximum absolute atomic E-state index is 11.9. The van der Waals surface area contributed by atoms with Crippen molar-refractivity contribution in [3.05, 3.63) is 0 Å². The van der Waals surface area contributed by atoms with Crippen LogP contribution >= 0.6 is 0 Å². The molecular formula is C12H22N2O3. The zero-order valence-corrected chi connectivity index (χ0v) is 10.4. The molecule has 1 saturated heterocycles. The van der Waals surface area contributed by atoms with Gasteiger partial charge in [0.15, 0.2) is 0 Å². The van der Waals surface area contributed by atoms with E-state index in [-0.39, 0.29) is 11.8 Å². The van der Waals surface area contributed by atoms with Crippen LogP contribution in [0.3, 0.4) is 0 Å². The van der Waals surface area contributed by atoms with E-state index in [4.69, 9.17) is 5.11 Å². The first kappa shape index (κ1) is 14.0. The lowest BCUT2D eigenvalue weighted by molar-refractivity contribution is -0.142. The summed E-state index contributed by atoms with van der Waals surface area (Å²) >= 11 is 0. The van der Waals surface area contributed by atoms with Gasteiger partial charge in [0.25, 0.3) is 0 Å². The summed E-state index contributed by atoms with van der Waals surface area (Å²) in [5, 5.41) is 14.8. The van der Waals surface area contributed by atoms with E-state index in [0.717, 1.165) is 32.2 Å². The zero-order valence-electron chi connectivity index (χ0n) is 10.4. The predicted molar refractivity (Wildman–Crippen MR) is 64.7 cm³/mol. The largest absolute Gasteiger partial charge is 0.480 e. The lowest BCUT2D eigenvalue weighted by Crippen LogP contribution is -2.47. The molecule has 5 heteroatoms. The van der Waals surface area contributed by atoms with Crippen molar-refractivity contribution in [1.29, 1.82) is 0 Å². The number of piperidine rings is 1. The summed E-state index contributed by atoms with van der Waals surface area (Å²) in [6.07, 6.45) is 4.09. The van der Waals surface area contributed by atoms with Gasteiger partial charge in [0.2, 0.25) is 5.91 Å². The van der Waals surface area contributed by atoms with Gasteiger partial charge in [0.1, 0.15) is 6.04 Å². The van der Waals surface area contributed by atoms with Crippen molar-refractivity contribution in [3.8, 4) is 0 Å². The average Bonchev–Trinajstić information content (AvgIpc) is 2.35. The van der Waals surface area contributed by atoms with Crippen molar-refractivity contribution < 1.29 is 14.7 Å². The third-order valence-corrected chi connectivity index (χ3v) is 3.13. The molecule has 98 valence electrons. The molecule has 0 saturated carbocycles. The van der Waals surface area contributed by atoms with Crippen LogP contribution < -0.4 is 10.6 Å². The maximum atomic E-state index is 11.9. The van der Waals surface area contributed by atoms with Crippen molar-refractivity contribution in [1.82, 2.24) is 10.6 Å². The number of carbonyl (C=O) groups excluding carboxylic acids is 1. The Morgan fingerprint density at radius 1 is 1.53 bits per heavy atom. The Morgan fingerprint density at radius 3 is 2.82 bits per heavy atom. The van der Waals surface area contributed by atoms with Crippen LogP contribution in [0.15, 0.2) is 0 Å². The lowest BCUT2D eigenvalue weighted by Gasteiger charge is -2.24. The molecular weight excluding hydrogens is 220 g/mol. The maximum Gasteiger partial charge on any atom is 0.326 e. The van der Waals surface area contributed by atoms with Crippen LogP contribution in [0.2, 0.25) is 0 Å². The molecule has 17 heavy (non-hydrogen) atoms. The minimum atomic E-state index is -0.935. The second kappa shape index (κ2) is 7.27. The summed E-state index contributed by atoms with van der Waals surface area (Å²) in [5.41, 5.74) is 0. The van der Waals surface area contributed by atoms with E-state index in [0.29, 0.717) is 13.0 Å². The fourth-order valence-electron chi connectivity index (χ4n) is 2.03. The van der Waals surface area contributed by atoms with Crippen LogP contribution in [0.25, 0.3) is 0 Å². The van der Waals surface area contributed by atoms with E-state index in [1.807, 2.05) is 6.92 Å². The van der Waals surface area contributed by atoms with Gasteiger partial charge >= 0.3 is 5.97 Å². The summed E-state index contributed by atoms with van der Waals surface area (Å²) < 4.78 is 0. The summed E-state index contributed by atoms with van der Waals surface area (Å²) in [6.45, 7) is 3.61. The van der Waals surface area contributed by atoms with E-state index in [9.17, 15) is 9.59 Å². The van der Waals surface area contributed by atoms with Gasteiger partial charge in [0, 0.05) is 6.54 Å². The molecule has 0 spiro atoms. The van der Waals surface area contributed by atoms with Crippen molar-refractivity contribution in [3.63, 3.8) is 0 Å².